The second-order valence-corrected chi connectivity index (χ2v) is 5.44. The normalized spacial score (nSPS) is 11.8. The lowest BCUT2D eigenvalue weighted by Crippen LogP contribution is -2.16. The van der Waals surface area contributed by atoms with E-state index in [4.69, 9.17) is 0 Å². The number of aromatic amines is 1. The molecule has 0 aliphatic rings. The van der Waals surface area contributed by atoms with Crippen molar-refractivity contribution in [3.63, 3.8) is 0 Å². The second-order valence-electron chi connectivity index (χ2n) is 4.32. The first-order valence-electron chi connectivity index (χ1n) is 6.11. The highest BCUT2D eigenvalue weighted by Crippen LogP contribution is 2.34. The summed E-state index contributed by atoms with van der Waals surface area (Å²) in [7, 11) is 0. The number of halogens is 3. The molecule has 3 aromatic rings. The van der Waals surface area contributed by atoms with E-state index >= 15 is 0 Å². The van der Waals surface area contributed by atoms with Crippen molar-refractivity contribution in [3.05, 3.63) is 54.7 Å². The van der Waals surface area contributed by atoms with Gasteiger partial charge >= 0.3 is 6.36 Å². The Balaban J connectivity index is 1.79. The first-order chi connectivity index (χ1) is 10.0. The average Bonchev–Trinajstić information content (AvgIpc) is 2.83. The predicted molar refractivity (Wildman–Crippen MR) is 75.5 cm³/mol. The molecular weight excluding hydrogens is 299 g/mol. The molecule has 2 aromatic carbocycles. The van der Waals surface area contributed by atoms with Gasteiger partial charge < -0.3 is 9.72 Å². The van der Waals surface area contributed by atoms with Gasteiger partial charge in [-0.1, -0.05) is 30.0 Å². The van der Waals surface area contributed by atoms with E-state index in [-0.39, 0.29) is 5.75 Å². The van der Waals surface area contributed by atoms with Gasteiger partial charge in [-0.05, 0) is 30.3 Å². The topological polar surface area (TPSA) is 25.0 Å². The Morgan fingerprint density at radius 3 is 2.38 bits per heavy atom. The van der Waals surface area contributed by atoms with Gasteiger partial charge in [0.05, 0.1) is 0 Å². The lowest BCUT2D eigenvalue weighted by atomic mass is 10.2. The van der Waals surface area contributed by atoms with Crippen LogP contribution in [0.5, 0.6) is 5.75 Å². The van der Waals surface area contributed by atoms with Crippen molar-refractivity contribution in [1.29, 1.82) is 0 Å². The van der Waals surface area contributed by atoms with E-state index in [0.29, 0.717) is 0 Å². The number of benzene rings is 2. The number of fused-ring (bicyclic) bond motifs is 1. The summed E-state index contributed by atoms with van der Waals surface area (Å²) in [5.41, 5.74) is 1.03. The molecule has 0 atom stereocenters. The molecule has 0 bridgehead atoms. The summed E-state index contributed by atoms with van der Waals surface area (Å²) in [6, 6.07) is 13.7. The van der Waals surface area contributed by atoms with Crippen LogP contribution < -0.4 is 4.74 Å². The van der Waals surface area contributed by atoms with Gasteiger partial charge in [-0.3, -0.25) is 0 Å². The van der Waals surface area contributed by atoms with Gasteiger partial charge in [0.15, 0.2) is 0 Å². The third-order valence-electron chi connectivity index (χ3n) is 2.84. The Labute approximate surface area is 122 Å². The molecule has 1 N–H and O–H groups in total. The molecule has 108 valence electrons. The van der Waals surface area contributed by atoms with Crippen LogP contribution in [0.1, 0.15) is 0 Å². The van der Waals surface area contributed by atoms with E-state index in [1.54, 1.807) is 12.1 Å². The molecule has 0 fully saturated rings. The van der Waals surface area contributed by atoms with Gasteiger partial charge in [0.2, 0.25) is 0 Å². The minimum Gasteiger partial charge on any atom is -0.406 e. The highest BCUT2D eigenvalue weighted by molar-refractivity contribution is 7.99. The zero-order valence-electron chi connectivity index (χ0n) is 10.6. The van der Waals surface area contributed by atoms with Gasteiger partial charge in [-0.2, -0.15) is 0 Å². The minimum atomic E-state index is -4.66. The Kier molecular flexibility index (Phi) is 3.55. The number of alkyl halides is 3. The van der Waals surface area contributed by atoms with Crippen LogP contribution in [0.3, 0.4) is 0 Å². The Bertz CT molecular complexity index is 749. The fourth-order valence-corrected chi connectivity index (χ4v) is 2.90. The molecule has 0 spiro atoms. The summed E-state index contributed by atoms with van der Waals surface area (Å²) in [5.74, 6) is -0.217. The molecule has 0 aliphatic heterocycles. The lowest BCUT2D eigenvalue weighted by Gasteiger charge is -2.09. The van der Waals surface area contributed by atoms with E-state index < -0.39 is 6.36 Å². The molecule has 0 unspecified atom stereocenters. The molecule has 0 aliphatic carbocycles. The Morgan fingerprint density at radius 1 is 0.952 bits per heavy atom. The van der Waals surface area contributed by atoms with Crippen LogP contribution in [0.4, 0.5) is 13.2 Å². The number of H-pyrrole nitrogens is 1. The quantitative estimate of drug-likeness (QED) is 0.717. The maximum Gasteiger partial charge on any atom is 0.573 e. The van der Waals surface area contributed by atoms with Gasteiger partial charge in [-0.25, -0.2) is 0 Å². The fourth-order valence-electron chi connectivity index (χ4n) is 1.97. The SMILES string of the molecule is FC(F)(F)Oc1ccc(Sc2c[nH]c3ccccc23)cc1. The van der Waals surface area contributed by atoms with Crippen LogP contribution in [0.25, 0.3) is 10.9 Å². The molecule has 0 radical (unpaired) electrons. The van der Waals surface area contributed by atoms with E-state index in [2.05, 4.69) is 9.72 Å². The highest BCUT2D eigenvalue weighted by atomic mass is 32.2. The van der Waals surface area contributed by atoms with Crippen molar-refractivity contribution in [1.82, 2.24) is 4.98 Å². The van der Waals surface area contributed by atoms with Gasteiger partial charge in [0.1, 0.15) is 5.75 Å². The first kappa shape index (κ1) is 13.9. The molecule has 0 saturated heterocycles. The van der Waals surface area contributed by atoms with Crippen LogP contribution in [-0.4, -0.2) is 11.3 Å². The molecule has 1 heterocycles. The monoisotopic (exact) mass is 309 g/mol. The third kappa shape index (κ3) is 3.33. The smallest absolute Gasteiger partial charge is 0.406 e. The van der Waals surface area contributed by atoms with Crippen molar-refractivity contribution in [3.8, 4) is 5.75 Å². The summed E-state index contributed by atoms with van der Waals surface area (Å²) < 4.78 is 40.1. The molecule has 3 rings (SSSR count). The lowest BCUT2D eigenvalue weighted by molar-refractivity contribution is -0.274. The average molecular weight is 309 g/mol. The zero-order valence-corrected chi connectivity index (χ0v) is 11.5. The maximum atomic E-state index is 12.1. The van der Waals surface area contributed by atoms with Crippen molar-refractivity contribution in [2.45, 2.75) is 16.2 Å². The van der Waals surface area contributed by atoms with Gasteiger partial charge in [0.25, 0.3) is 0 Å². The molecule has 0 amide bonds. The summed E-state index contributed by atoms with van der Waals surface area (Å²) >= 11 is 1.48. The molecule has 1 aromatic heterocycles. The van der Waals surface area contributed by atoms with E-state index in [1.165, 1.54) is 23.9 Å². The number of aromatic nitrogens is 1. The molecule has 21 heavy (non-hydrogen) atoms. The maximum absolute atomic E-state index is 12.1. The standard InChI is InChI=1S/C15H10F3NOS/c16-15(17,18)20-10-5-7-11(8-6-10)21-14-9-19-13-4-2-1-3-12(13)14/h1-9,19H. The van der Waals surface area contributed by atoms with E-state index in [1.807, 2.05) is 30.5 Å². The van der Waals surface area contributed by atoms with Gasteiger partial charge in [-0.15, -0.1) is 13.2 Å². The van der Waals surface area contributed by atoms with Crippen LogP contribution in [0.2, 0.25) is 0 Å². The van der Waals surface area contributed by atoms with Crippen molar-refractivity contribution in [2.24, 2.45) is 0 Å². The predicted octanol–water partition coefficient (Wildman–Crippen LogP) is 5.22. The summed E-state index contributed by atoms with van der Waals surface area (Å²) in [6.45, 7) is 0. The van der Waals surface area contributed by atoms with Crippen LogP contribution in [0.15, 0.2) is 64.5 Å². The van der Waals surface area contributed by atoms with E-state index in [0.717, 1.165) is 20.7 Å². The number of nitrogens with one attached hydrogen (secondary N) is 1. The van der Waals surface area contributed by atoms with Crippen LogP contribution in [0, 0.1) is 0 Å². The summed E-state index contributed by atoms with van der Waals surface area (Å²) in [4.78, 5) is 5.02. The van der Waals surface area contributed by atoms with Crippen LogP contribution in [-0.2, 0) is 0 Å². The first-order valence-corrected chi connectivity index (χ1v) is 6.93. The summed E-state index contributed by atoms with van der Waals surface area (Å²) in [5, 5.41) is 1.08. The van der Waals surface area contributed by atoms with Crippen molar-refractivity contribution in [2.75, 3.05) is 0 Å². The molecule has 0 saturated carbocycles. The van der Waals surface area contributed by atoms with E-state index in [9.17, 15) is 13.2 Å². The zero-order chi connectivity index (χ0) is 14.9. The van der Waals surface area contributed by atoms with Crippen molar-refractivity contribution < 1.29 is 17.9 Å². The Morgan fingerprint density at radius 2 is 1.67 bits per heavy atom. The molecular formula is C15H10F3NOS. The number of hydrogen-bond donors (Lipinski definition) is 1. The Hall–Kier alpha value is -2.08. The number of rotatable bonds is 3. The number of para-hydroxylation sites is 1. The second kappa shape index (κ2) is 5.37. The fraction of sp³-hybridized carbons (Fsp3) is 0.0667. The van der Waals surface area contributed by atoms with Crippen LogP contribution >= 0.6 is 11.8 Å². The minimum absolute atomic E-state index is 0.217. The summed E-state index contributed by atoms with van der Waals surface area (Å²) in [6.07, 6.45) is -2.78. The van der Waals surface area contributed by atoms with Crippen molar-refractivity contribution >= 4 is 22.7 Å². The number of ether oxygens (including phenoxy) is 1. The van der Waals surface area contributed by atoms with Gasteiger partial charge in [0, 0.05) is 26.9 Å². The third-order valence-corrected chi connectivity index (χ3v) is 3.90. The largest absolute Gasteiger partial charge is 0.573 e. The highest BCUT2D eigenvalue weighted by Gasteiger charge is 2.30. The molecule has 6 heteroatoms. The number of hydrogen-bond acceptors (Lipinski definition) is 2. The molecule has 2 nitrogen and oxygen atoms in total.